The molecule has 0 saturated heterocycles. The Morgan fingerprint density at radius 3 is 2.75 bits per heavy atom. The van der Waals surface area contributed by atoms with E-state index in [0.29, 0.717) is 5.69 Å². The largest absolute Gasteiger partial charge is 0.494 e. The van der Waals surface area contributed by atoms with Crippen LogP contribution >= 0.6 is 12.4 Å². The molecular formula is C14H20ClFN2O2. The molecule has 1 aliphatic rings. The highest BCUT2D eigenvalue weighted by Crippen LogP contribution is 2.27. The number of anilines is 1. The topological polar surface area (TPSA) is 41.6 Å². The molecule has 0 aliphatic heterocycles. The van der Waals surface area contributed by atoms with Crippen molar-refractivity contribution in [1.82, 2.24) is 5.32 Å². The van der Waals surface area contributed by atoms with Gasteiger partial charge in [0.25, 0.3) is 0 Å². The number of hydrogen-bond acceptors (Lipinski definition) is 3. The van der Waals surface area contributed by atoms with Gasteiger partial charge in [-0.25, -0.2) is 4.39 Å². The number of rotatable bonds is 6. The zero-order valence-electron chi connectivity index (χ0n) is 11.7. The molecule has 0 radical (unpaired) electrons. The van der Waals surface area contributed by atoms with Gasteiger partial charge in [-0.05, 0) is 37.4 Å². The number of benzene rings is 1. The summed E-state index contributed by atoms with van der Waals surface area (Å²) in [4.78, 5) is 13.4. The van der Waals surface area contributed by atoms with E-state index in [0.717, 1.165) is 12.5 Å². The fraction of sp³-hybridized carbons (Fsp3) is 0.500. The summed E-state index contributed by atoms with van der Waals surface area (Å²) in [5, 5.41) is 3.13. The number of likely N-dealkylation sites (N-methyl/N-ethyl adjacent to an activating group) is 1. The standard InChI is InChI=1S/C14H19FN2O2.ClH/c1-17(14(18)9-16-8-10-3-4-10)11-5-6-13(19-2)12(15)7-11;/h5-7,10,16H,3-4,8-9H2,1-2H3;1H. The van der Waals surface area contributed by atoms with Crippen LogP contribution in [0.25, 0.3) is 0 Å². The maximum absolute atomic E-state index is 13.6. The molecule has 1 fully saturated rings. The average molecular weight is 303 g/mol. The van der Waals surface area contributed by atoms with E-state index in [9.17, 15) is 9.18 Å². The lowest BCUT2D eigenvalue weighted by molar-refractivity contribution is -0.117. The van der Waals surface area contributed by atoms with Crippen LogP contribution in [0.5, 0.6) is 5.75 Å². The lowest BCUT2D eigenvalue weighted by atomic mass is 10.2. The zero-order valence-corrected chi connectivity index (χ0v) is 12.5. The molecule has 0 unspecified atom stereocenters. The van der Waals surface area contributed by atoms with Crippen LogP contribution in [0, 0.1) is 11.7 Å². The van der Waals surface area contributed by atoms with Crippen LogP contribution in [0.4, 0.5) is 10.1 Å². The van der Waals surface area contributed by atoms with E-state index in [2.05, 4.69) is 5.32 Å². The van der Waals surface area contributed by atoms with Gasteiger partial charge >= 0.3 is 0 Å². The normalized spacial score (nSPS) is 13.6. The number of nitrogens with one attached hydrogen (secondary N) is 1. The Hall–Kier alpha value is -1.33. The van der Waals surface area contributed by atoms with E-state index in [1.165, 1.54) is 37.0 Å². The third-order valence-electron chi connectivity index (χ3n) is 3.30. The van der Waals surface area contributed by atoms with E-state index < -0.39 is 5.82 Å². The number of halogens is 2. The van der Waals surface area contributed by atoms with Gasteiger partial charge in [0.2, 0.25) is 5.91 Å². The van der Waals surface area contributed by atoms with Crippen molar-refractivity contribution >= 4 is 24.0 Å². The highest BCUT2D eigenvalue weighted by Gasteiger charge is 2.21. The fourth-order valence-electron chi connectivity index (χ4n) is 1.83. The maximum Gasteiger partial charge on any atom is 0.240 e. The van der Waals surface area contributed by atoms with Crippen LogP contribution in [0.1, 0.15) is 12.8 Å². The fourth-order valence-corrected chi connectivity index (χ4v) is 1.83. The number of carbonyl (C=O) groups excluding carboxylic acids is 1. The van der Waals surface area contributed by atoms with Crippen LogP contribution in [0.2, 0.25) is 0 Å². The summed E-state index contributed by atoms with van der Waals surface area (Å²) >= 11 is 0. The zero-order chi connectivity index (χ0) is 13.8. The number of hydrogen-bond donors (Lipinski definition) is 1. The highest BCUT2D eigenvalue weighted by molar-refractivity contribution is 5.94. The van der Waals surface area contributed by atoms with Crippen LogP contribution < -0.4 is 15.0 Å². The molecule has 1 aromatic rings. The van der Waals surface area contributed by atoms with Crippen molar-refractivity contribution < 1.29 is 13.9 Å². The molecule has 0 heterocycles. The summed E-state index contributed by atoms with van der Waals surface area (Å²) in [5.74, 6) is 0.365. The van der Waals surface area contributed by atoms with Crippen LogP contribution in [-0.4, -0.2) is 33.2 Å². The molecule has 20 heavy (non-hydrogen) atoms. The molecule has 2 rings (SSSR count). The van der Waals surface area contributed by atoms with Crippen molar-refractivity contribution in [2.75, 3.05) is 32.1 Å². The number of methoxy groups -OCH3 is 1. The van der Waals surface area contributed by atoms with Gasteiger partial charge in [-0.2, -0.15) is 0 Å². The molecule has 0 bridgehead atoms. The Morgan fingerprint density at radius 1 is 1.50 bits per heavy atom. The van der Waals surface area contributed by atoms with Crippen molar-refractivity contribution in [2.45, 2.75) is 12.8 Å². The Morgan fingerprint density at radius 2 is 2.20 bits per heavy atom. The smallest absolute Gasteiger partial charge is 0.240 e. The summed E-state index contributed by atoms with van der Waals surface area (Å²) in [5.41, 5.74) is 0.525. The first-order valence-corrected chi connectivity index (χ1v) is 6.42. The molecule has 112 valence electrons. The van der Waals surface area contributed by atoms with E-state index in [1.807, 2.05) is 0 Å². The third kappa shape index (κ3) is 4.35. The average Bonchev–Trinajstić information content (AvgIpc) is 3.21. The number of amides is 1. The molecule has 1 N–H and O–H groups in total. The van der Waals surface area contributed by atoms with E-state index in [-0.39, 0.29) is 30.6 Å². The van der Waals surface area contributed by atoms with Crippen molar-refractivity contribution in [1.29, 1.82) is 0 Å². The summed E-state index contributed by atoms with van der Waals surface area (Å²) < 4.78 is 18.4. The molecule has 0 spiro atoms. The van der Waals surface area contributed by atoms with Crippen LogP contribution in [-0.2, 0) is 4.79 Å². The van der Waals surface area contributed by atoms with Crippen molar-refractivity contribution in [2.24, 2.45) is 5.92 Å². The summed E-state index contributed by atoms with van der Waals surface area (Å²) in [6.07, 6.45) is 2.50. The summed E-state index contributed by atoms with van der Waals surface area (Å²) in [6.45, 7) is 1.16. The highest BCUT2D eigenvalue weighted by atomic mass is 35.5. The lowest BCUT2D eigenvalue weighted by Crippen LogP contribution is -2.36. The first kappa shape index (κ1) is 16.7. The first-order valence-electron chi connectivity index (χ1n) is 6.42. The first-order chi connectivity index (χ1) is 9.11. The summed E-state index contributed by atoms with van der Waals surface area (Å²) in [7, 11) is 3.05. The number of nitrogens with zero attached hydrogens (tertiary/aromatic N) is 1. The summed E-state index contributed by atoms with van der Waals surface area (Å²) in [6, 6.07) is 4.49. The molecule has 1 aromatic carbocycles. The molecule has 1 amide bonds. The Bertz CT molecular complexity index is 466. The van der Waals surface area contributed by atoms with Gasteiger partial charge in [0.1, 0.15) is 0 Å². The van der Waals surface area contributed by atoms with Gasteiger partial charge in [0.05, 0.1) is 13.7 Å². The monoisotopic (exact) mass is 302 g/mol. The van der Waals surface area contributed by atoms with Crippen molar-refractivity contribution in [3.05, 3.63) is 24.0 Å². The van der Waals surface area contributed by atoms with Crippen molar-refractivity contribution in [3.63, 3.8) is 0 Å². The second kappa shape index (κ2) is 7.45. The minimum Gasteiger partial charge on any atom is -0.494 e. The second-order valence-electron chi connectivity index (χ2n) is 4.85. The minimum absolute atomic E-state index is 0. The predicted molar refractivity (Wildman–Crippen MR) is 79.2 cm³/mol. The molecule has 4 nitrogen and oxygen atoms in total. The molecule has 1 saturated carbocycles. The third-order valence-corrected chi connectivity index (χ3v) is 3.30. The second-order valence-corrected chi connectivity index (χ2v) is 4.85. The maximum atomic E-state index is 13.6. The van der Waals surface area contributed by atoms with Crippen LogP contribution in [0.3, 0.4) is 0 Å². The number of ether oxygens (including phenoxy) is 1. The number of carbonyl (C=O) groups is 1. The Kier molecular flexibility index (Phi) is 6.23. The van der Waals surface area contributed by atoms with Gasteiger partial charge in [-0.1, -0.05) is 0 Å². The van der Waals surface area contributed by atoms with Crippen LogP contribution in [0.15, 0.2) is 18.2 Å². The van der Waals surface area contributed by atoms with Crippen molar-refractivity contribution in [3.8, 4) is 5.75 Å². The molecular weight excluding hydrogens is 283 g/mol. The molecule has 6 heteroatoms. The molecule has 0 atom stereocenters. The van der Waals surface area contributed by atoms with Gasteiger partial charge in [-0.15, -0.1) is 12.4 Å². The SMILES string of the molecule is COc1ccc(N(C)C(=O)CNCC2CC2)cc1F.Cl. The van der Waals surface area contributed by atoms with E-state index >= 15 is 0 Å². The molecule has 0 aromatic heterocycles. The Balaban J connectivity index is 0.00000200. The predicted octanol–water partition coefficient (Wildman–Crippen LogP) is 2.22. The minimum atomic E-state index is -0.467. The van der Waals surface area contributed by atoms with Gasteiger partial charge in [0, 0.05) is 18.8 Å². The lowest BCUT2D eigenvalue weighted by Gasteiger charge is -2.18. The Labute approximate surface area is 124 Å². The van der Waals surface area contributed by atoms with Gasteiger partial charge < -0.3 is 15.0 Å². The quantitative estimate of drug-likeness (QED) is 0.876. The van der Waals surface area contributed by atoms with Gasteiger partial charge in [0.15, 0.2) is 11.6 Å². The van der Waals surface area contributed by atoms with E-state index in [1.54, 1.807) is 13.1 Å². The molecule has 1 aliphatic carbocycles. The van der Waals surface area contributed by atoms with Gasteiger partial charge in [-0.3, -0.25) is 4.79 Å². The van der Waals surface area contributed by atoms with E-state index in [4.69, 9.17) is 4.74 Å².